The van der Waals surface area contributed by atoms with E-state index in [4.69, 9.17) is 4.74 Å². The lowest BCUT2D eigenvalue weighted by Crippen LogP contribution is -2.40. The number of ether oxygens (including phenoxy) is 1. The van der Waals surface area contributed by atoms with Crippen LogP contribution in [0.4, 0.5) is 0 Å². The second kappa shape index (κ2) is 6.66. The zero-order valence-corrected chi connectivity index (χ0v) is 10.5. The summed E-state index contributed by atoms with van der Waals surface area (Å²) < 4.78 is 5.27. The average Bonchev–Trinajstić information content (AvgIpc) is 2.21. The third-order valence-electron chi connectivity index (χ3n) is 2.91. The molecule has 0 saturated carbocycles. The monoisotopic (exact) mass is 226 g/mol. The molecule has 0 aliphatic carbocycles. The van der Waals surface area contributed by atoms with Gasteiger partial charge in [0.1, 0.15) is 0 Å². The molecule has 1 fully saturated rings. The first-order valence-electron chi connectivity index (χ1n) is 5.97. The van der Waals surface area contributed by atoms with Crippen LogP contribution < -0.4 is 5.32 Å². The van der Waals surface area contributed by atoms with Gasteiger partial charge < -0.3 is 15.0 Å². The minimum atomic E-state index is 0.152. The maximum Gasteiger partial charge on any atom is 0.249 e. The molecule has 0 aromatic heterocycles. The number of likely N-dealkylation sites (N-methyl/N-ethyl adjacent to an activating group) is 1. The van der Waals surface area contributed by atoms with Crippen molar-refractivity contribution in [3.8, 4) is 0 Å². The van der Waals surface area contributed by atoms with E-state index in [1.807, 2.05) is 25.7 Å². The van der Waals surface area contributed by atoms with Crippen molar-refractivity contribution in [2.75, 3.05) is 39.4 Å². The molecule has 4 heteroatoms. The molecule has 92 valence electrons. The van der Waals surface area contributed by atoms with E-state index in [0.29, 0.717) is 19.8 Å². The van der Waals surface area contributed by atoms with E-state index < -0.39 is 0 Å². The number of carbonyl (C=O) groups is 1. The van der Waals surface area contributed by atoms with E-state index in [1.54, 1.807) is 0 Å². The Bertz CT molecular complexity index is 268. The lowest BCUT2D eigenvalue weighted by molar-refractivity contribution is -0.127. The highest BCUT2D eigenvalue weighted by atomic mass is 16.5. The van der Waals surface area contributed by atoms with E-state index in [-0.39, 0.29) is 5.91 Å². The molecule has 1 saturated heterocycles. The second-order valence-electron chi connectivity index (χ2n) is 3.91. The molecule has 0 aromatic carbocycles. The Morgan fingerprint density at radius 1 is 1.44 bits per heavy atom. The highest BCUT2D eigenvalue weighted by Crippen LogP contribution is 2.11. The van der Waals surface area contributed by atoms with Crippen LogP contribution in [-0.2, 0) is 9.53 Å². The largest absolute Gasteiger partial charge is 0.380 e. The Kier molecular flexibility index (Phi) is 5.49. The molecule has 1 N–H and O–H groups in total. The van der Waals surface area contributed by atoms with Crippen LogP contribution in [0.1, 0.15) is 20.8 Å². The summed E-state index contributed by atoms with van der Waals surface area (Å²) >= 11 is 0. The summed E-state index contributed by atoms with van der Waals surface area (Å²) in [6, 6.07) is 0. The smallest absolute Gasteiger partial charge is 0.249 e. The maximum absolute atomic E-state index is 12.1. The summed E-state index contributed by atoms with van der Waals surface area (Å²) in [6.07, 6.45) is 0. The van der Waals surface area contributed by atoms with Gasteiger partial charge >= 0.3 is 0 Å². The predicted octanol–water partition coefficient (Wildman–Crippen LogP) is 0.791. The van der Waals surface area contributed by atoms with Crippen molar-refractivity contribution >= 4 is 5.91 Å². The lowest BCUT2D eigenvalue weighted by Gasteiger charge is -2.26. The first-order chi connectivity index (χ1) is 7.70. The Balaban J connectivity index is 2.48. The van der Waals surface area contributed by atoms with Crippen molar-refractivity contribution in [3.63, 3.8) is 0 Å². The van der Waals surface area contributed by atoms with Crippen molar-refractivity contribution in [2.45, 2.75) is 20.8 Å². The van der Waals surface area contributed by atoms with Gasteiger partial charge in [0.25, 0.3) is 0 Å². The summed E-state index contributed by atoms with van der Waals surface area (Å²) in [4.78, 5) is 13.9. The fourth-order valence-corrected chi connectivity index (χ4v) is 1.63. The zero-order valence-electron chi connectivity index (χ0n) is 10.5. The van der Waals surface area contributed by atoms with E-state index in [9.17, 15) is 4.79 Å². The summed E-state index contributed by atoms with van der Waals surface area (Å²) in [5.74, 6) is 0.152. The summed E-state index contributed by atoms with van der Waals surface area (Å²) in [6.45, 7) is 10.4. The minimum absolute atomic E-state index is 0.152. The molecule has 0 unspecified atom stereocenters. The van der Waals surface area contributed by atoms with E-state index in [0.717, 1.165) is 25.2 Å². The number of nitrogens with zero attached hydrogens (tertiary/aromatic N) is 1. The zero-order chi connectivity index (χ0) is 12.0. The summed E-state index contributed by atoms with van der Waals surface area (Å²) in [5.41, 5.74) is 2.14. The summed E-state index contributed by atoms with van der Waals surface area (Å²) in [7, 11) is 0. The molecule has 1 aliphatic rings. The van der Waals surface area contributed by atoms with Gasteiger partial charge in [0.15, 0.2) is 0 Å². The fourth-order valence-electron chi connectivity index (χ4n) is 1.63. The quantitative estimate of drug-likeness (QED) is 0.538. The molecule has 1 amide bonds. The molecular weight excluding hydrogens is 204 g/mol. The first-order valence-corrected chi connectivity index (χ1v) is 5.97. The molecule has 0 spiro atoms. The molecule has 4 nitrogen and oxygen atoms in total. The van der Waals surface area contributed by atoms with Gasteiger partial charge in [-0.25, -0.2) is 0 Å². The number of amides is 1. The van der Waals surface area contributed by atoms with Crippen LogP contribution in [0.5, 0.6) is 0 Å². The van der Waals surface area contributed by atoms with Crippen LogP contribution in [-0.4, -0.2) is 50.2 Å². The number of nitrogens with one attached hydrogen (secondary N) is 1. The Labute approximate surface area is 97.6 Å². The van der Waals surface area contributed by atoms with E-state index >= 15 is 0 Å². The Morgan fingerprint density at radius 2 is 2.12 bits per heavy atom. The molecule has 0 atom stereocenters. The highest BCUT2D eigenvalue weighted by Gasteiger charge is 2.19. The van der Waals surface area contributed by atoms with Crippen LogP contribution in [0.25, 0.3) is 0 Å². The third-order valence-corrected chi connectivity index (χ3v) is 2.91. The lowest BCUT2D eigenvalue weighted by atomic mass is 10.0. The fraction of sp³-hybridized carbons (Fsp3) is 0.750. The van der Waals surface area contributed by atoms with Crippen molar-refractivity contribution in [1.82, 2.24) is 10.2 Å². The van der Waals surface area contributed by atoms with Crippen LogP contribution in [0, 0.1) is 0 Å². The molecule has 16 heavy (non-hydrogen) atoms. The molecule has 1 aliphatic heterocycles. The van der Waals surface area contributed by atoms with Gasteiger partial charge in [0.05, 0.1) is 6.61 Å². The van der Waals surface area contributed by atoms with E-state index in [2.05, 4.69) is 5.32 Å². The van der Waals surface area contributed by atoms with Crippen molar-refractivity contribution in [3.05, 3.63) is 11.1 Å². The highest BCUT2D eigenvalue weighted by molar-refractivity contribution is 5.94. The predicted molar refractivity (Wildman–Crippen MR) is 64.3 cm³/mol. The molecule has 0 aromatic rings. The molecule has 0 bridgehead atoms. The van der Waals surface area contributed by atoms with Crippen molar-refractivity contribution in [1.29, 1.82) is 0 Å². The molecule has 0 radical (unpaired) electrons. The van der Waals surface area contributed by atoms with Crippen molar-refractivity contribution < 1.29 is 9.53 Å². The van der Waals surface area contributed by atoms with Crippen LogP contribution >= 0.6 is 0 Å². The normalized spacial score (nSPS) is 14.6. The average molecular weight is 226 g/mol. The molecule has 1 heterocycles. The summed E-state index contributed by atoms with van der Waals surface area (Å²) in [5, 5.41) is 3.15. The SMILES string of the molecule is CCOCCN(CC)C(=O)C(C)=C1CNC1. The van der Waals surface area contributed by atoms with E-state index in [1.165, 1.54) is 5.57 Å². The van der Waals surface area contributed by atoms with Gasteiger partial charge in [-0.3, -0.25) is 4.79 Å². The second-order valence-corrected chi connectivity index (χ2v) is 3.91. The molecule has 1 rings (SSSR count). The van der Waals surface area contributed by atoms with Crippen LogP contribution in [0.3, 0.4) is 0 Å². The van der Waals surface area contributed by atoms with Gasteiger partial charge in [-0.05, 0) is 26.3 Å². The van der Waals surface area contributed by atoms with Gasteiger partial charge in [-0.2, -0.15) is 0 Å². The number of rotatable bonds is 6. The Morgan fingerprint density at radius 3 is 2.56 bits per heavy atom. The van der Waals surface area contributed by atoms with Gasteiger partial charge in [0.2, 0.25) is 5.91 Å². The third kappa shape index (κ3) is 3.32. The van der Waals surface area contributed by atoms with Crippen LogP contribution in [0.15, 0.2) is 11.1 Å². The number of hydrogen-bond donors (Lipinski definition) is 1. The number of carbonyl (C=O) groups excluding carboxylic acids is 1. The van der Waals surface area contributed by atoms with Crippen molar-refractivity contribution in [2.24, 2.45) is 0 Å². The van der Waals surface area contributed by atoms with Crippen LogP contribution in [0.2, 0.25) is 0 Å². The van der Waals surface area contributed by atoms with Gasteiger partial charge in [-0.1, -0.05) is 0 Å². The van der Waals surface area contributed by atoms with Gasteiger partial charge in [-0.15, -0.1) is 0 Å². The van der Waals surface area contributed by atoms with Gasteiger partial charge in [0, 0.05) is 38.4 Å². The molecular formula is C12H22N2O2. The maximum atomic E-state index is 12.1. The number of hydrogen-bond acceptors (Lipinski definition) is 3. The Hall–Kier alpha value is -0.870. The standard InChI is InChI=1S/C12H22N2O2/c1-4-14(6-7-16-5-2)12(15)10(3)11-8-13-9-11/h13H,4-9H2,1-3H3. The topological polar surface area (TPSA) is 41.6 Å². The minimum Gasteiger partial charge on any atom is -0.380 e. The first kappa shape index (κ1) is 13.2.